The van der Waals surface area contributed by atoms with E-state index in [2.05, 4.69) is 15.9 Å². The topological polar surface area (TPSA) is 90.0 Å². The standard InChI is InChI=1S/C22H18BrNO6S/c1-2-29-20(26)13-30-17-9-3-14(4-10-17)11-19-21(27)24(22(28)31-19)12-18(25)15-5-7-16(23)8-6-15/h3-11H,2,12-13H2,1H3/b19-11-. The fourth-order valence-electron chi connectivity index (χ4n) is 2.66. The number of halogens is 1. The van der Waals surface area contributed by atoms with Crippen LogP contribution >= 0.6 is 27.7 Å². The van der Waals surface area contributed by atoms with E-state index in [0.29, 0.717) is 16.9 Å². The van der Waals surface area contributed by atoms with Gasteiger partial charge in [0.05, 0.1) is 18.1 Å². The summed E-state index contributed by atoms with van der Waals surface area (Å²) in [4.78, 5) is 49.8. The van der Waals surface area contributed by atoms with Crippen LogP contribution in [0.25, 0.3) is 6.08 Å². The maximum atomic E-state index is 12.6. The van der Waals surface area contributed by atoms with Gasteiger partial charge in [-0.2, -0.15) is 0 Å². The molecule has 2 aromatic carbocycles. The fourth-order valence-corrected chi connectivity index (χ4v) is 3.77. The number of imide groups is 1. The van der Waals surface area contributed by atoms with E-state index in [1.807, 2.05) is 0 Å². The minimum absolute atomic E-state index is 0.196. The summed E-state index contributed by atoms with van der Waals surface area (Å²) in [5, 5.41) is -0.490. The number of thioether (sulfide) groups is 1. The molecule has 1 fully saturated rings. The Kier molecular flexibility index (Phi) is 7.64. The van der Waals surface area contributed by atoms with E-state index in [9.17, 15) is 19.2 Å². The molecule has 9 heteroatoms. The molecular weight excluding hydrogens is 486 g/mol. The lowest BCUT2D eigenvalue weighted by Gasteiger charge is -2.11. The highest BCUT2D eigenvalue weighted by Gasteiger charge is 2.36. The summed E-state index contributed by atoms with van der Waals surface area (Å²) in [7, 11) is 0. The fraction of sp³-hybridized carbons (Fsp3) is 0.182. The Morgan fingerprint density at radius 1 is 1.06 bits per heavy atom. The first-order valence-corrected chi connectivity index (χ1v) is 10.9. The normalized spacial score (nSPS) is 14.8. The van der Waals surface area contributed by atoms with Gasteiger partial charge in [-0.1, -0.05) is 40.2 Å². The van der Waals surface area contributed by atoms with Crippen LogP contribution < -0.4 is 4.74 Å². The number of amides is 2. The van der Waals surface area contributed by atoms with Crippen LogP contribution in [0.1, 0.15) is 22.8 Å². The highest BCUT2D eigenvalue weighted by Crippen LogP contribution is 2.32. The average Bonchev–Trinajstić information content (AvgIpc) is 3.01. The third-order valence-corrected chi connectivity index (χ3v) is 5.62. The van der Waals surface area contributed by atoms with Crippen molar-refractivity contribution < 1.29 is 28.7 Å². The smallest absolute Gasteiger partial charge is 0.344 e. The van der Waals surface area contributed by atoms with Gasteiger partial charge < -0.3 is 9.47 Å². The summed E-state index contributed by atoms with van der Waals surface area (Å²) >= 11 is 4.08. The van der Waals surface area contributed by atoms with E-state index in [-0.39, 0.29) is 30.4 Å². The quantitative estimate of drug-likeness (QED) is 0.301. The third-order valence-electron chi connectivity index (χ3n) is 4.18. The first-order valence-electron chi connectivity index (χ1n) is 9.30. The Morgan fingerprint density at radius 2 is 1.74 bits per heavy atom. The molecule has 1 heterocycles. The average molecular weight is 504 g/mol. The van der Waals surface area contributed by atoms with Crippen molar-refractivity contribution in [1.82, 2.24) is 4.90 Å². The number of carbonyl (C=O) groups is 4. The lowest BCUT2D eigenvalue weighted by Crippen LogP contribution is -2.33. The molecule has 2 aromatic rings. The molecule has 1 saturated heterocycles. The van der Waals surface area contributed by atoms with Crippen LogP contribution in [0.15, 0.2) is 57.9 Å². The lowest BCUT2D eigenvalue weighted by molar-refractivity contribution is -0.145. The summed E-state index contributed by atoms with van der Waals surface area (Å²) < 4.78 is 10.9. The van der Waals surface area contributed by atoms with E-state index < -0.39 is 17.1 Å². The second kappa shape index (κ2) is 10.4. The molecule has 0 atom stereocenters. The molecule has 0 saturated carbocycles. The molecule has 0 N–H and O–H groups in total. The minimum atomic E-state index is -0.511. The van der Waals surface area contributed by atoms with Crippen molar-refractivity contribution in [2.24, 2.45) is 0 Å². The Hall–Kier alpha value is -2.91. The third kappa shape index (κ3) is 6.05. The maximum Gasteiger partial charge on any atom is 0.344 e. The van der Waals surface area contributed by atoms with E-state index in [4.69, 9.17) is 9.47 Å². The van der Waals surface area contributed by atoms with Crippen LogP contribution in [0, 0.1) is 0 Å². The Bertz CT molecular complexity index is 1030. The first-order chi connectivity index (χ1) is 14.9. The van der Waals surface area contributed by atoms with Gasteiger partial charge >= 0.3 is 5.97 Å². The highest BCUT2D eigenvalue weighted by atomic mass is 79.9. The van der Waals surface area contributed by atoms with E-state index in [0.717, 1.165) is 21.1 Å². The van der Waals surface area contributed by atoms with Gasteiger partial charge in [-0.25, -0.2) is 4.79 Å². The molecule has 0 aliphatic carbocycles. The molecule has 0 aromatic heterocycles. The molecule has 0 bridgehead atoms. The zero-order valence-corrected chi connectivity index (χ0v) is 18.9. The van der Waals surface area contributed by atoms with Crippen LogP contribution in [0.3, 0.4) is 0 Å². The largest absolute Gasteiger partial charge is 0.482 e. The number of hydrogen-bond donors (Lipinski definition) is 0. The monoisotopic (exact) mass is 503 g/mol. The Balaban J connectivity index is 1.63. The van der Waals surface area contributed by atoms with Crippen LogP contribution in [0.2, 0.25) is 0 Å². The second-order valence-corrected chi connectivity index (χ2v) is 8.27. The summed E-state index contributed by atoms with van der Waals surface area (Å²) in [6.45, 7) is 1.48. The summed E-state index contributed by atoms with van der Waals surface area (Å²) in [5.41, 5.74) is 1.10. The number of hydrogen-bond acceptors (Lipinski definition) is 7. The molecule has 0 radical (unpaired) electrons. The molecule has 3 rings (SSSR count). The molecule has 0 spiro atoms. The number of carbonyl (C=O) groups excluding carboxylic acids is 4. The zero-order valence-electron chi connectivity index (χ0n) is 16.5. The van der Waals surface area contributed by atoms with Crippen LogP contribution in [0.4, 0.5) is 4.79 Å². The van der Waals surface area contributed by atoms with E-state index in [1.165, 1.54) is 0 Å². The predicted molar refractivity (Wildman–Crippen MR) is 120 cm³/mol. The molecular formula is C22H18BrNO6S. The summed E-state index contributed by atoms with van der Waals surface area (Å²) in [6, 6.07) is 13.4. The summed E-state index contributed by atoms with van der Waals surface area (Å²) in [6.07, 6.45) is 1.57. The molecule has 31 heavy (non-hydrogen) atoms. The van der Waals surface area contributed by atoms with Gasteiger partial charge in [0, 0.05) is 10.0 Å². The molecule has 2 amide bonds. The van der Waals surface area contributed by atoms with E-state index in [1.54, 1.807) is 61.5 Å². The number of benzene rings is 2. The minimum Gasteiger partial charge on any atom is -0.482 e. The highest BCUT2D eigenvalue weighted by molar-refractivity contribution is 9.10. The van der Waals surface area contributed by atoms with Crippen molar-refractivity contribution in [2.45, 2.75) is 6.92 Å². The van der Waals surface area contributed by atoms with Crippen molar-refractivity contribution in [2.75, 3.05) is 19.8 Å². The van der Waals surface area contributed by atoms with Gasteiger partial charge in [0.15, 0.2) is 12.4 Å². The number of ketones is 1. The Labute approximate surface area is 191 Å². The van der Waals surface area contributed by atoms with Gasteiger partial charge in [0.1, 0.15) is 5.75 Å². The van der Waals surface area contributed by atoms with Crippen molar-refractivity contribution in [3.05, 3.63) is 69.0 Å². The van der Waals surface area contributed by atoms with E-state index >= 15 is 0 Å². The molecule has 160 valence electrons. The number of esters is 1. The lowest BCUT2D eigenvalue weighted by atomic mass is 10.1. The zero-order chi connectivity index (χ0) is 22.4. The summed E-state index contributed by atoms with van der Waals surface area (Å²) in [5.74, 6) is -0.821. The van der Waals surface area contributed by atoms with Crippen LogP contribution in [-0.2, 0) is 14.3 Å². The number of ether oxygens (including phenoxy) is 2. The SMILES string of the molecule is CCOC(=O)COc1ccc(/C=C2\SC(=O)N(CC(=O)c3ccc(Br)cc3)C2=O)cc1. The van der Waals surface area contributed by atoms with Gasteiger partial charge in [-0.3, -0.25) is 19.3 Å². The molecule has 1 aliphatic heterocycles. The van der Waals surface area contributed by atoms with Crippen molar-refractivity contribution in [3.8, 4) is 5.75 Å². The van der Waals surface area contributed by atoms with Gasteiger partial charge in [-0.05, 0) is 54.6 Å². The van der Waals surface area contributed by atoms with Crippen LogP contribution in [0.5, 0.6) is 5.75 Å². The number of Topliss-reactive ketones (excluding diaryl/α,β-unsaturated/α-hetero) is 1. The molecule has 1 aliphatic rings. The van der Waals surface area contributed by atoms with Crippen molar-refractivity contribution in [1.29, 1.82) is 0 Å². The predicted octanol–water partition coefficient (Wildman–Crippen LogP) is 4.31. The Morgan fingerprint density at radius 3 is 2.39 bits per heavy atom. The van der Waals surface area contributed by atoms with Crippen LogP contribution in [-0.4, -0.2) is 47.6 Å². The number of rotatable bonds is 8. The molecule has 0 unspecified atom stereocenters. The van der Waals surface area contributed by atoms with Gasteiger partial charge in [0.25, 0.3) is 11.1 Å². The van der Waals surface area contributed by atoms with Gasteiger partial charge in [0.2, 0.25) is 0 Å². The van der Waals surface area contributed by atoms with Crippen molar-refractivity contribution in [3.63, 3.8) is 0 Å². The number of nitrogens with zero attached hydrogens (tertiary/aromatic N) is 1. The molecule has 7 nitrogen and oxygen atoms in total. The first kappa shape index (κ1) is 22.8. The maximum absolute atomic E-state index is 12.6. The second-order valence-electron chi connectivity index (χ2n) is 6.36. The van der Waals surface area contributed by atoms with Crippen molar-refractivity contribution >= 4 is 56.7 Å². The van der Waals surface area contributed by atoms with Gasteiger partial charge in [-0.15, -0.1) is 0 Å².